The molecule has 2 bridgehead atoms. The summed E-state index contributed by atoms with van der Waals surface area (Å²) in [6, 6.07) is 12.9. The molecule has 3 aliphatic carbocycles. The first-order valence-electron chi connectivity index (χ1n) is 11.2. The molecule has 168 valence electrons. The number of rotatable bonds is 6. The molecule has 1 spiro atoms. The van der Waals surface area contributed by atoms with Gasteiger partial charge in [0.25, 0.3) is 11.8 Å². The smallest absolute Gasteiger partial charge is 0.254 e. The number of carbonyl (C=O) groups is 2. The lowest BCUT2D eigenvalue weighted by Gasteiger charge is -2.18. The van der Waals surface area contributed by atoms with Crippen molar-refractivity contribution in [2.24, 2.45) is 34.2 Å². The van der Waals surface area contributed by atoms with Gasteiger partial charge in [-0.2, -0.15) is 10.1 Å². The van der Waals surface area contributed by atoms with Crippen molar-refractivity contribution >= 4 is 29.6 Å². The second-order valence-corrected chi connectivity index (χ2v) is 9.65. The van der Waals surface area contributed by atoms with Gasteiger partial charge in [0, 0.05) is 10.6 Å². The van der Waals surface area contributed by atoms with Gasteiger partial charge in [-0.15, -0.1) is 0 Å². The van der Waals surface area contributed by atoms with Gasteiger partial charge in [-0.1, -0.05) is 42.0 Å². The fraction of sp³-hybridized carbons (Fsp3) is 0.346. The molecule has 1 saturated heterocycles. The van der Waals surface area contributed by atoms with Crippen molar-refractivity contribution in [3.8, 4) is 11.5 Å². The van der Waals surface area contributed by atoms with Gasteiger partial charge < -0.3 is 9.47 Å². The fourth-order valence-corrected chi connectivity index (χ4v) is 6.15. The summed E-state index contributed by atoms with van der Waals surface area (Å²) in [4.78, 5) is 26.1. The normalized spacial score (nSPS) is 28.2. The summed E-state index contributed by atoms with van der Waals surface area (Å²) in [5.74, 6) is 0.642. The van der Waals surface area contributed by atoms with E-state index < -0.39 is 0 Å². The van der Waals surface area contributed by atoms with Crippen molar-refractivity contribution in [1.29, 1.82) is 0 Å². The second-order valence-electron chi connectivity index (χ2n) is 9.24. The second kappa shape index (κ2) is 7.45. The first-order valence-corrected chi connectivity index (χ1v) is 11.6. The van der Waals surface area contributed by atoms with Gasteiger partial charge in [-0.25, -0.2) is 0 Å². The molecule has 2 amide bonds. The fourth-order valence-electron chi connectivity index (χ4n) is 5.96. The van der Waals surface area contributed by atoms with Crippen LogP contribution in [0, 0.1) is 29.1 Å². The molecule has 2 saturated carbocycles. The maximum atomic E-state index is 13.1. The van der Waals surface area contributed by atoms with Gasteiger partial charge in [0.05, 0.1) is 25.2 Å². The minimum atomic E-state index is -0.248. The zero-order valence-corrected chi connectivity index (χ0v) is 18.9. The number of halogens is 1. The Morgan fingerprint density at radius 3 is 2.39 bits per heavy atom. The molecule has 0 unspecified atom stereocenters. The Balaban J connectivity index is 1.18. The van der Waals surface area contributed by atoms with E-state index in [-0.39, 0.29) is 40.9 Å². The third kappa shape index (κ3) is 3.04. The van der Waals surface area contributed by atoms with Crippen molar-refractivity contribution < 1.29 is 19.1 Å². The van der Waals surface area contributed by atoms with E-state index in [1.807, 2.05) is 30.3 Å². The SMILES string of the molecule is COc1cc(/C=N\N2C(=O)[C@@H]3[C@H](C2=O)[C@H]2C=C[C@H]3C23CC3)ccc1OCc1ccccc1Cl. The van der Waals surface area contributed by atoms with E-state index in [0.29, 0.717) is 28.7 Å². The first kappa shape index (κ1) is 20.5. The number of hydrogen-bond donors (Lipinski definition) is 0. The molecule has 2 aromatic rings. The molecule has 3 fully saturated rings. The number of hydrogen-bond acceptors (Lipinski definition) is 5. The van der Waals surface area contributed by atoms with Crippen LogP contribution in [0.2, 0.25) is 5.02 Å². The van der Waals surface area contributed by atoms with Crippen molar-refractivity contribution in [2.75, 3.05) is 7.11 Å². The maximum Gasteiger partial charge on any atom is 0.254 e. The van der Waals surface area contributed by atoms with Crippen molar-refractivity contribution in [2.45, 2.75) is 19.4 Å². The molecule has 6 nitrogen and oxygen atoms in total. The van der Waals surface area contributed by atoms with Crippen LogP contribution in [0.15, 0.2) is 59.7 Å². The Labute approximate surface area is 196 Å². The van der Waals surface area contributed by atoms with Gasteiger partial charge in [0.2, 0.25) is 0 Å². The zero-order chi connectivity index (χ0) is 22.7. The lowest BCUT2D eigenvalue weighted by atomic mass is 9.85. The number of methoxy groups -OCH3 is 1. The van der Waals surface area contributed by atoms with E-state index in [2.05, 4.69) is 17.3 Å². The average molecular weight is 463 g/mol. The summed E-state index contributed by atoms with van der Waals surface area (Å²) in [6.07, 6.45) is 8.08. The quantitative estimate of drug-likeness (QED) is 0.361. The highest BCUT2D eigenvalue weighted by atomic mass is 35.5. The van der Waals surface area contributed by atoms with Crippen LogP contribution in [0.4, 0.5) is 0 Å². The van der Waals surface area contributed by atoms with E-state index >= 15 is 0 Å². The van der Waals surface area contributed by atoms with Gasteiger partial charge in [-0.3, -0.25) is 9.59 Å². The number of ether oxygens (including phenoxy) is 2. The highest BCUT2D eigenvalue weighted by Gasteiger charge is 2.73. The molecule has 4 atom stereocenters. The van der Waals surface area contributed by atoms with Crippen LogP contribution < -0.4 is 9.47 Å². The lowest BCUT2D eigenvalue weighted by molar-refractivity contribution is -0.141. The van der Waals surface area contributed by atoms with Crippen LogP contribution in [0.3, 0.4) is 0 Å². The van der Waals surface area contributed by atoms with Crippen molar-refractivity contribution in [1.82, 2.24) is 5.01 Å². The topological polar surface area (TPSA) is 68.2 Å². The highest BCUT2D eigenvalue weighted by molar-refractivity contribution is 6.31. The first-order chi connectivity index (χ1) is 16.0. The van der Waals surface area contributed by atoms with Crippen LogP contribution in [0.5, 0.6) is 11.5 Å². The molecule has 6 rings (SSSR count). The van der Waals surface area contributed by atoms with Gasteiger partial charge in [0.1, 0.15) is 6.61 Å². The van der Waals surface area contributed by atoms with Crippen LogP contribution in [-0.4, -0.2) is 30.1 Å². The summed E-state index contributed by atoms with van der Waals surface area (Å²) in [5, 5.41) is 6.00. The summed E-state index contributed by atoms with van der Waals surface area (Å²) in [5.41, 5.74) is 1.76. The minimum Gasteiger partial charge on any atom is -0.493 e. The van der Waals surface area contributed by atoms with E-state index in [9.17, 15) is 9.59 Å². The van der Waals surface area contributed by atoms with E-state index in [4.69, 9.17) is 21.1 Å². The molecule has 0 N–H and O–H groups in total. The minimum absolute atomic E-state index is 0.170. The van der Waals surface area contributed by atoms with Gasteiger partial charge >= 0.3 is 0 Å². The Kier molecular flexibility index (Phi) is 4.63. The van der Waals surface area contributed by atoms with E-state index in [0.717, 1.165) is 23.4 Å². The average Bonchev–Trinajstić information content (AvgIpc) is 3.43. The molecule has 7 heteroatoms. The Morgan fingerprint density at radius 2 is 1.76 bits per heavy atom. The number of allylic oxidation sites excluding steroid dienone is 2. The van der Waals surface area contributed by atoms with E-state index in [1.165, 1.54) is 6.21 Å². The summed E-state index contributed by atoms with van der Waals surface area (Å²) < 4.78 is 11.4. The maximum absolute atomic E-state index is 13.1. The number of amides is 2. The van der Waals surface area contributed by atoms with E-state index in [1.54, 1.807) is 19.2 Å². The Hall–Kier alpha value is -3.12. The molecular weight excluding hydrogens is 440 g/mol. The standard InChI is InChI=1S/C26H23ClN2O4/c1-32-21-12-15(6-9-20(21)33-14-16-4-2-3-5-19(16)27)13-28-29-24(30)22-17-7-8-18(23(22)25(29)31)26(17)10-11-26/h2-9,12-13,17-18,22-23H,10-11,14H2,1H3/b28-13-/t17-,18-,22-,23+/m1/s1. The largest absolute Gasteiger partial charge is 0.493 e. The summed E-state index contributed by atoms with van der Waals surface area (Å²) in [7, 11) is 1.56. The number of nitrogens with zero attached hydrogens (tertiary/aromatic N) is 2. The zero-order valence-electron chi connectivity index (χ0n) is 18.1. The van der Waals surface area contributed by atoms with Crippen molar-refractivity contribution in [3.05, 3.63) is 70.8 Å². The van der Waals surface area contributed by atoms with Crippen LogP contribution in [0.25, 0.3) is 0 Å². The van der Waals surface area contributed by atoms with Crippen LogP contribution in [0.1, 0.15) is 24.0 Å². The predicted octanol–water partition coefficient (Wildman–Crippen LogP) is 4.46. The molecular formula is C26H23ClN2O4. The van der Waals surface area contributed by atoms with Crippen LogP contribution in [-0.2, 0) is 16.2 Å². The number of carbonyl (C=O) groups excluding carboxylic acids is 2. The highest BCUT2D eigenvalue weighted by Crippen LogP contribution is 2.73. The number of benzene rings is 2. The molecule has 1 heterocycles. The Morgan fingerprint density at radius 1 is 1.06 bits per heavy atom. The predicted molar refractivity (Wildman–Crippen MR) is 123 cm³/mol. The molecule has 0 aromatic heterocycles. The molecule has 33 heavy (non-hydrogen) atoms. The summed E-state index contributed by atoms with van der Waals surface area (Å²) >= 11 is 6.20. The van der Waals surface area contributed by atoms with Crippen LogP contribution >= 0.6 is 11.6 Å². The third-order valence-electron chi connectivity index (χ3n) is 7.68. The molecule has 2 aromatic carbocycles. The lowest BCUT2D eigenvalue weighted by Crippen LogP contribution is -2.30. The number of imide groups is 1. The summed E-state index contributed by atoms with van der Waals surface area (Å²) in [6.45, 7) is 0.306. The van der Waals surface area contributed by atoms with Crippen molar-refractivity contribution in [3.63, 3.8) is 0 Å². The number of hydrazone groups is 1. The molecule has 0 radical (unpaired) electrons. The van der Waals surface area contributed by atoms with Gasteiger partial charge in [0.15, 0.2) is 11.5 Å². The number of fused-ring (bicyclic) bond motifs is 3. The third-order valence-corrected chi connectivity index (χ3v) is 8.05. The molecule has 4 aliphatic rings. The Bertz CT molecular complexity index is 1180. The van der Waals surface area contributed by atoms with Gasteiger partial charge in [-0.05, 0) is 59.9 Å². The molecule has 1 aliphatic heterocycles. The monoisotopic (exact) mass is 462 g/mol.